The summed E-state index contributed by atoms with van der Waals surface area (Å²) in [6.45, 7) is 0.176. The van der Waals surface area contributed by atoms with E-state index in [0.717, 1.165) is 11.1 Å². The van der Waals surface area contributed by atoms with E-state index in [1.165, 1.54) is 17.4 Å². The number of pyridine rings is 1. The Morgan fingerprint density at radius 3 is 2.83 bits per heavy atom. The molecule has 0 aliphatic carbocycles. The monoisotopic (exact) mass is 304 g/mol. The summed E-state index contributed by atoms with van der Waals surface area (Å²) in [6, 6.07) is 1.26. The molecule has 2 aromatic rings. The first-order valence-electron chi connectivity index (χ1n) is 4.77. The number of nitrogen functional groups attached to an aromatic ring is 1. The molecule has 2 rings (SSSR count). The lowest BCUT2D eigenvalue weighted by Crippen LogP contribution is -2.23. The van der Waals surface area contributed by atoms with E-state index in [1.807, 2.05) is 0 Å². The number of hydrogen-bond acceptors (Lipinski definition) is 6. The van der Waals surface area contributed by atoms with E-state index >= 15 is 0 Å². The number of nitrogens with two attached hydrogens (primary N) is 1. The van der Waals surface area contributed by atoms with Crippen LogP contribution in [0.3, 0.4) is 0 Å². The molecule has 0 unspecified atom stereocenters. The quantitative estimate of drug-likeness (QED) is 0.886. The second kappa shape index (κ2) is 5.19. The minimum atomic E-state index is -3.65. The molecule has 0 amide bonds. The van der Waals surface area contributed by atoms with Gasteiger partial charge in [0.25, 0.3) is 0 Å². The highest BCUT2D eigenvalue weighted by Gasteiger charge is 2.16. The zero-order chi connectivity index (χ0) is 13.2. The summed E-state index contributed by atoms with van der Waals surface area (Å²) >= 11 is 7.10. The van der Waals surface area contributed by atoms with Crippen molar-refractivity contribution in [2.45, 2.75) is 11.4 Å². The smallest absolute Gasteiger partial charge is 0.242 e. The zero-order valence-corrected chi connectivity index (χ0v) is 11.4. The molecule has 96 valence electrons. The van der Waals surface area contributed by atoms with Gasteiger partial charge in [-0.1, -0.05) is 11.6 Å². The average molecular weight is 305 g/mol. The number of nitrogens with zero attached hydrogens (tertiary/aromatic N) is 2. The standard InChI is InChI=1S/C9H9ClN4O2S2/c10-8-1-7(4-13-9(8)11)18(15,16)14-3-6-2-12-5-17-6/h1-2,4-5,14H,3H2,(H2,11,13). The normalized spacial score (nSPS) is 11.6. The van der Waals surface area contributed by atoms with Crippen molar-refractivity contribution in [3.8, 4) is 0 Å². The molecule has 0 atom stereocenters. The molecule has 3 N–H and O–H groups in total. The summed E-state index contributed by atoms with van der Waals surface area (Å²) in [6.07, 6.45) is 2.76. The first-order chi connectivity index (χ1) is 8.49. The molecule has 6 nitrogen and oxygen atoms in total. The van der Waals surface area contributed by atoms with Crippen LogP contribution in [0.4, 0.5) is 5.82 Å². The second-order valence-corrected chi connectivity index (χ2v) is 6.48. The summed E-state index contributed by atoms with van der Waals surface area (Å²) in [4.78, 5) is 8.35. The SMILES string of the molecule is Nc1ncc(S(=O)(=O)NCc2cncs2)cc1Cl. The summed E-state index contributed by atoms with van der Waals surface area (Å²) in [5, 5.41) is 0.107. The van der Waals surface area contributed by atoms with Crippen molar-refractivity contribution in [2.24, 2.45) is 0 Å². The Labute approximate surface area is 113 Å². The molecule has 0 bridgehead atoms. The topological polar surface area (TPSA) is 98.0 Å². The molecule has 0 saturated carbocycles. The van der Waals surface area contributed by atoms with E-state index in [0.29, 0.717) is 0 Å². The van der Waals surface area contributed by atoms with Gasteiger partial charge >= 0.3 is 0 Å². The Hall–Kier alpha value is -1.22. The molecule has 0 aliphatic rings. The lowest BCUT2D eigenvalue weighted by atomic mass is 10.5. The van der Waals surface area contributed by atoms with Crippen LogP contribution in [0.2, 0.25) is 5.02 Å². The van der Waals surface area contributed by atoms with Crippen LogP contribution in [-0.4, -0.2) is 18.4 Å². The average Bonchev–Trinajstić information content (AvgIpc) is 2.83. The number of rotatable bonds is 4. The molecule has 0 fully saturated rings. The molecule has 0 saturated heterocycles. The third kappa shape index (κ3) is 2.96. The van der Waals surface area contributed by atoms with Crippen LogP contribution >= 0.6 is 22.9 Å². The molecule has 2 heterocycles. The number of nitrogens with one attached hydrogen (secondary N) is 1. The lowest BCUT2D eigenvalue weighted by Gasteiger charge is -2.06. The minimum Gasteiger partial charge on any atom is -0.382 e. The number of thiazole rings is 1. The maximum absolute atomic E-state index is 11.9. The predicted molar refractivity (Wildman–Crippen MR) is 69.8 cm³/mol. The number of sulfonamides is 1. The molecular weight excluding hydrogens is 296 g/mol. The molecule has 0 radical (unpaired) electrons. The fraction of sp³-hybridized carbons (Fsp3) is 0.111. The molecular formula is C9H9ClN4O2S2. The van der Waals surface area contributed by atoms with Gasteiger partial charge in [-0.2, -0.15) is 0 Å². The Morgan fingerprint density at radius 1 is 1.44 bits per heavy atom. The Balaban J connectivity index is 2.17. The van der Waals surface area contributed by atoms with Crippen molar-refractivity contribution < 1.29 is 8.42 Å². The summed E-state index contributed by atoms with van der Waals surface area (Å²) in [5.74, 6) is 0.0954. The van der Waals surface area contributed by atoms with Crippen LogP contribution in [0.15, 0.2) is 28.9 Å². The third-order valence-corrected chi connectivity index (χ3v) is 4.53. The van der Waals surface area contributed by atoms with Gasteiger partial charge < -0.3 is 5.73 Å². The lowest BCUT2D eigenvalue weighted by molar-refractivity contribution is 0.581. The van der Waals surface area contributed by atoms with Gasteiger partial charge in [0.2, 0.25) is 10.0 Å². The van der Waals surface area contributed by atoms with Gasteiger partial charge in [0.05, 0.1) is 10.5 Å². The van der Waals surface area contributed by atoms with Crippen molar-refractivity contribution in [1.29, 1.82) is 0 Å². The molecule has 2 aromatic heterocycles. The van der Waals surface area contributed by atoms with Gasteiger partial charge in [0.15, 0.2) is 0 Å². The van der Waals surface area contributed by atoms with Crippen LogP contribution in [0.25, 0.3) is 0 Å². The highest BCUT2D eigenvalue weighted by molar-refractivity contribution is 7.89. The Bertz CT molecular complexity index is 643. The van der Waals surface area contributed by atoms with E-state index in [9.17, 15) is 8.42 Å². The van der Waals surface area contributed by atoms with Crippen LogP contribution < -0.4 is 10.5 Å². The highest BCUT2D eigenvalue weighted by atomic mass is 35.5. The predicted octanol–water partition coefficient (Wildman–Crippen LogP) is 1.25. The summed E-state index contributed by atoms with van der Waals surface area (Å²) < 4.78 is 26.3. The molecule has 9 heteroatoms. The third-order valence-electron chi connectivity index (χ3n) is 2.07. The maximum Gasteiger partial charge on any atom is 0.242 e. The first kappa shape index (κ1) is 13.2. The number of halogens is 1. The van der Waals surface area contributed by atoms with Crippen LogP contribution in [0.5, 0.6) is 0 Å². The maximum atomic E-state index is 11.9. The van der Waals surface area contributed by atoms with E-state index in [4.69, 9.17) is 17.3 Å². The molecule has 18 heavy (non-hydrogen) atoms. The number of hydrogen-bond donors (Lipinski definition) is 2. The van der Waals surface area contributed by atoms with E-state index in [-0.39, 0.29) is 22.3 Å². The van der Waals surface area contributed by atoms with Crippen molar-refractivity contribution in [3.63, 3.8) is 0 Å². The van der Waals surface area contributed by atoms with Crippen molar-refractivity contribution in [2.75, 3.05) is 5.73 Å². The van der Waals surface area contributed by atoms with Crippen LogP contribution in [0.1, 0.15) is 4.88 Å². The van der Waals surface area contributed by atoms with Crippen molar-refractivity contribution >= 4 is 38.8 Å². The summed E-state index contributed by atoms with van der Waals surface area (Å²) in [7, 11) is -3.65. The van der Waals surface area contributed by atoms with Gasteiger partial charge in [-0.3, -0.25) is 4.98 Å². The van der Waals surface area contributed by atoms with Crippen LogP contribution in [0, 0.1) is 0 Å². The zero-order valence-electron chi connectivity index (χ0n) is 9.00. The second-order valence-electron chi connectivity index (χ2n) is 3.33. The van der Waals surface area contributed by atoms with E-state index in [2.05, 4.69) is 14.7 Å². The van der Waals surface area contributed by atoms with Crippen molar-refractivity contribution in [1.82, 2.24) is 14.7 Å². The van der Waals surface area contributed by atoms with Gasteiger partial charge in [0, 0.05) is 23.8 Å². The van der Waals surface area contributed by atoms with Crippen molar-refractivity contribution in [3.05, 3.63) is 33.9 Å². The van der Waals surface area contributed by atoms with Gasteiger partial charge in [-0.25, -0.2) is 18.1 Å². The number of aromatic nitrogens is 2. The van der Waals surface area contributed by atoms with Gasteiger partial charge in [-0.15, -0.1) is 11.3 Å². The fourth-order valence-electron chi connectivity index (χ4n) is 1.16. The molecule has 0 aliphatic heterocycles. The molecule has 0 spiro atoms. The number of anilines is 1. The van der Waals surface area contributed by atoms with Crippen LogP contribution in [-0.2, 0) is 16.6 Å². The fourth-order valence-corrected chi connectivity index (χ4v) is 2.99. The Kier molecular flexibility index (Phi) is 3.81. The highest BCUT2D eigenvalue weighted by Crippen LogP contribution is 2.20. The van der Waals surface area contributed by atoms with E-state index < -0.39 is 10.0 Å². The summed E-state index contributed by atoms with van der Waals surface area (Å²) in [5.41, 5.74) is 7.05. The van der Waals surface area contributed by atoms with Gasteiger partial charge in [0.1, 0.15) is 10.7 Å². The molecule has 0 aromatic carbocycles. The van der Waals surface area contributed by atoms with Gasteiger partial charge in [-0.05, 0) is 6.07 Å². The Morgan fingerprint density at radius 2 is 2.22 bits per heavy atom. The minimum absolute atomic E-state index is 0.0220. The largest absolute Gasteiger partial charge is 0.382 e. The van der Waals surface area contributed by atoms with E-state index in [1.54, 1.807) is 11.7 Å². The first-order valence-corrected chi connectivity index (χ1v) is 7.51.